The Labute approximate surface area is 189 Å². The predicted octanol–water partition coefficient (Wildman–Crippen LogP) is 4.81. The quantitative estimate of drug-likeness (QED) is 0.347. The molecule has 1 atom stereocenters. The average Bonchev–Trinajstić information content (AvgIpc) is 3.16. The Morgan fingerprint density at radius 2 is 1.97 bits per heavy atom. The number of ether oxygens (including phenoxy) is 1. The molecule has 0 radical (unpaired) electrons. The van der Waals surface area contributed by atoms with E-state index in [0.29, 0.717) is 34.8 Å². The minimum Gasteiger partial charge on any atom is -0.483 e. The van der Waals surface area contributed by atoms with Gasteiger partial charge in [-0.3, -0.25) is 9.36 Å². The van der Waals surface area contributed by atoms with E-state index in [0.717, 1.165) is 5.56 Å². The molecule has 0 saturated heterocycles. The lowest BCUT2D eigenvalue weighted by molar-refractivity contribution is -0.118. The molecule has 3 rings (SSSR count). The highest BCUT2D eigenvalue weighted by Crippen LogP contribution is 2.25. The molecule has 0 spiro atoms. The average molecular weight is 461 g/mol. The Kier molecular flexibility index (Phi) is 8.08. The molecule has 0 fully saturated rings. The van der Waals surface area contributed by atoms with Crippen molar-refractivity contribution in [1.82, 2.24) is 20.1 Å². The summed E-state index contributed by atoms with van der Waals surface area (Å²) in [6.07, 6.45) is 1.30. The van der Waals surface area contributed by atoms with Crippen molar-refractivity contribution in [3.63, 3.8) is 0 Å². The van der Waals surface area contributed by atoms with Gasteiger partial charge in [0.15, 0.2) is 17.1 Å². The molecule has 9 heteroatoms. The van der Waals surface area contributed by atoms with Crippen LogP contribution in [-0.4, -0.2) is 26.4 Å². The van der Waals surface area contributed by atoms with Gasteiger partial charge in [0.05, 0.1) is 5.75 Å². The van der Waals surface area contributed by atoms with E-state index in [-0.39, 0.29) is 17.5 Å². The molecule has 0 saturated carbocycles. The van der Waals surface area contributed by atoms with E-state index in [4.69, 9.17) is 16.3 Å². The Morgan fingerprint density at radius 3 is 2.65 bits per heavy atom. The van der Waals surface area contributed by atoms with E-state index < -0.39 is 6.10 Å². The van der Waals surface area contributed by atoms with Crippen LogP contribution < -0.4 is 10.1 Å². The molecule has 162 valence electrons. The number of halogens is 2. The fourth-order valence-corrected chi connectivity index (χ4v) is 3.67. The number of carbonyl (C=O) groups is 1. The molecule has 6 nitrogen and oxygen atoms in total. The van der Waals surface area contributed by atoms with E-state index >= 15 is 0 Å². The first-order valence-corrected chi connectivity index (χ1v) is 10.9. The molecule has 3 aromatic rings. The highest BCUT2D eigenvalue weighted by Gasteiger charge is 2.19. The summed E-state index contributed by atoms with van der Waals surface area (Å²) in [5, 5.41) is 12.5. The van der Waals surface area contributed by atoms with Crippen LogP contribution in [0.5, 0.6) is 5.75 Å². The minimum atomic E-state index is -0.425. The second-order valence-electron chi connectivity index (χ2n) is 6.65. The van der Waals surface area contributed by atoms with Crippen LogP contribution in [0.1, 0.15) is 24.4 Å². The third-order valence-electron chi connectivity index (χ3n) is 4.28. The summed E-state index contributed by atoms with van der Waals surface area (Å²) in [7, 11) is 0. The molecule has 0 aliphatic rings. The number of allylic oxidation sites excluding steroid dienone is 1. The van der Waals surface area contributed by atoms with E-state index in [9.17, 15) is 9.18 Å². The topological polar surface area (TPSA) is 69.0 Å². The van der Waals surface area contributed by atoms with Gasteiger partial charge in [-0.1, -0.05) is 41.6 Å². The number of amides is 1. The van der Waals surface area contributed by atoms with Gasteiger partial charge in [0.2, 0.25) is 5.91 Å². The van der Waals surface area contributed by atoms with Crippen LogP contribution >= 0.6 is 23.4 Å². The van der Waals surface area contributed by atoms with Gasteiger partial charge >= 0.3 is 0 Å². The number of hydrogen-bond donors (Lipinski definition) is 1. The fraction of sp³-hybridized carbons (Fsp3) is 0.227. The van der Waals surface area contributed by atoms with Crippen LogP contribution in [0.2, 0.25) is 5.02 Å². The van der Waals surface area contributed by atoms with Crippen LogP contribution in [0.15, 0.2) is 66.3 Å². The molecule has 31 heavy (non-hydrogen) atoms. The monoisotopic (exact) mass is 460 g/mol. The Morgan fingerprint density at radius 1 is 1.26 bits per heavy atom. The van der Waals surface area contributed by atoms with Crippen molar-refractivity contribution in [2.75, 3.05) is 5.75 Å². The van der Waals surface area contributed by atoms with E-state index in [1.165, 1.54) is 23.9 Å². The van der Waals surface area contributed by atoms with E-state index in [2.05, 4.69) is 22.1 Å². The molecule has 0 bridgehead atoms. The second-order valence-corrected chi connectivity index (χ2v) is 8.02. The molecule has 1 amide bonds. The predicted molar refractivity (Wildman–Crippen MR) is 120 cm³/mol. The lowest BCUT2D eigenvalue weighted by atomic mass is 10.2. The molecule has 1 N–H and O–H groups in total. The molecule has 0 aliphatic heterocycles. The number of carbonyl (C=O) groups excluding carboxylic acids is 1. The number of benzene rings is 2. The summed E-state index contributed by atoms with van der Waals surface area (Å²) in [6, 6.07) is 13.1. The molecule has 1 aromatic heterocycles. The first-order chi connectivity index (χ1) is 15.0. The van der Waals surface area contributed by atoms with Crippen LogP contribution in [0.3, 0.4) is 0 Å². The van der Waals surface area contributed by atoms with Crippen LogP contribution in [-0.2, 0) is 17.9 Å². The van der Waals surface area contributed by atoms with Crippen molar-refractivity contribution in [2.24, 2.45) is 0 Å². The van der Waals surface area contributed by atoms with Crippen molar-refractivity contribution in [3.05, 3.63) is 83.4 Å². The summed E-state index contributed by atoms with van der Waals surface area (Å²) in [6.45, 7) is 6.50. The Balaban J connectivity index is 1.59. The number of aromatic nitrogens is 3. The van der Waals surface area contributed by atoms with Crippen molar-refractivity contribution in [1.29, 1.82) is 0 Å². The largest absolute Gasteiger partial charge is 0.483 e. The van der Waals surface area contributed by atoms with Crippen molar-refractivity contribution in [3.8, 4) is 5.75 Å². The van der Waals surface area contributed by atoms with Crippen molar-refractivity contribution in [2.45, 2.75) is 31.3 Å². The summed E-state index contributed by atoms with van der Waals surface area (Å²) in [5.41, 5.74) is 0.964. The van der Waals surface area contributed by atoms with Gasteiger partial charge in [0.25, 0.3) is 0 Å². The summed E-state index contributed by atoms with van der Waals surface area (Å²) < 4.78 is 20.8. The molecule has 2 aromatic carbocycles. The first kappa shape index (κ1) is 22.8. The minimum absolute atomic E-state index is 0.120. The summed E-state index contributed by atoms with van der Waals surface area (Å²) in [4.78, 5) is 12.2. The zero-order valence-electron chi connectivity index (χ0n) is 16.9. The normalized spacial score (nSPS) is 11.7. The maximum Gasteiger partial charge on any atom is 0.230 e. The van der Waals surface area contributed by atoms with Crippen LogP contribution in [0, 0.1) is 5.82 Å². The zero-order valence-corrected chi connectivity index (χ0v) is 18.5. The third kappa shape index (κ3) is 6.57. The van der Waals surface area contributed by atoms with Crippen molar-refractivity contribution < 1.29 is 13.9 Å². The van der Waals surface area contributed by atoms with Gasteiger partial charge < -0.3 is 10.1 Å². The van der Waals surface area contributed by atoms with Crippen LogP contribution in [0.4, 0.5) is 4.39 Å². The molecular formula is C22H22ClFN4O2S. The van der Waals surface area contributed by atoms with Crippen LogP contribution in [0.25, 0.3) is 0 Å². The van der Waals surface area contributed by atoms with Gasteiger partial charge in [-0.05, 0) is 48.9 Å². The highest BCUT2D eigenvalue weighted by atomic mass is 35.5. The van der Waals surface area contributed by atoms with Gasteiger partial charge in [0.1, 0.15) is 11.6 Å². The number of hydrogen-bond acceptors (Lipinski definition) is 5. The first-order valence-electron chi connectivity index (χ1n) is 9.56. The SMILES string of the molecule is C=CCn1c(SCC(=O)NCc2ccc(Cl)cc2)nnc1C(C)Oc1ccc(F)cc1. The number of rotatable bonds is 10. The number of nitrogens with one attached hydrogen (secondary N) is 1. The molecule has 1 unspecified atom stereocenters. The lowest BCUT2D eigenvalue weighted by Crippen LogP contribution is -2.24. The highest BCUT2D eigenvalue weighted by molar-refractivity contribution is 7.99. The Hall–Kier alpha value is -2.84. The molecule has 1 heterocycles. The van der Waals surface area contributed by atoms with E-state index in [1.54, 1.807) is 30.3 Å². The molecule has 0 aliphatic carbocycles. The van der Waals surface area contributed by atoms with Gasteiger partial charge in [-0.2, -0.15) is 0 Å². The van der Waals surface area contributed by atoms with Crippen molar-refractivity contribution >= 4 is 29.3 Å². The fourth-order valence-electron chi connectivity index (χ4n) is 2.76. The smallest absolute Gasteiger partial charge is 0.230 e. The number of thioether (sulfide) groups is 1. The summed E-state index contributed by atoms with van der Waals surface area (Å²) >= 11 is 7.15. The lowest BCUT2D eigenvalue weighted by Gasteiger charge is -2.15. The molecular weight excluding hydrogens is 439 g/mol. The van der Waals surface area contributed by atoms with Gasteiger partial charge in [-0.25, -0.2) is 4.39 Å². The maximum absolute atomic E-state index is 13.1. The standard InChI is InChI=1S/C22H22ClFN4O2S/c1-3-12-28-21(15(2)30-19-10-8-18(24)9-11-19)26-27-22(28)31-14-20(29)25-13-16-4-6-17(23)7-5-16/h3-11,15H,1,12-14H2,2H3,(H,25,29). The third-order valence-corrected chi connectivity index (χ3v) is 5.50. The van der Waals surface area contributed by atoms with E-state index in [1.807, 2.05) is 23.6 Å². The second kappa shape index (κ2) is 11.0. The number of nitrogens with zero attached hydrogens (tertiary/aromatic N) is 3. The summed E-state index contributed by atoms with van der Waals surface area (Å²) in [5.74, 6) is 0.857. The maximum atomic E-state index is 13.1. The zero-order chi connectivity index (χ0) is 22.2. The Bertz CT molecular complexity index is 1020. The van der Waals surface area contributed by atoms with Gasteiger partial charge in [-0.15, -0.1) is 16.8 Å². The van der Waals surface area contributed by atoms with Gasteiger partial charge in [0, 0.05) is 18.1 Å².